The number of aromatic nitrogens is 1. The average molecular weight is 368 g/mol. The molecule has 1 saturated heterocycles. The molecule has 1 aromatic heterocycles. The first kappa shape index (κ1) is 18.9. The van der Waals surface area contributed by atoms with Crippen LogP contribution in [0.2, 0.25) is 0 Å². The molecule has 2 aromatic rings. The van der Waals surface area contributed by atoms with Crippen molar-refractivity contribution in [2.24, 2.45) is 0 Å². The van der Waals surface area contributed by atoms with Crippen LogP contribution in [0.25, 0.3) is 11.5 Å². The summed E-state index contributed by atoms with van der Waals surface area (Å²) in [7, 11) is 1.69. The molecule has 0 radical (unpaired) electrons. The van der Waals surface area contributed by atoms with Gasteiger partial charge >= 0.3 is 6.18 Å². The molecule has 26 heavy (non-hydrogen) atoms. The molecule has 0 spiro atoms. The van der Waals surface area contributed by atoms with Crippen LogP contribution in [0.3, 0.4) is 0 Å². The van der Waals surface area contributed by atoms with Gasteiger partial charge in [0.15, 0.2) is 0 Å². The van der Waals surface area contributed by atoms with Crippen molar-refractivity contribution in [2.45, 2.75) is 44.9 Å². The number of rotatable bonds is 5. The van der Waals surface area contributed by atoms with E-state index in [2.05, 4.69) is 9.88 Å². The minimum atomic E-state index is -4.39. The van der Waals surface area contributed by atoms with Gasteiger partial charge in [-0.2, -0.15) is 13.2 Å². The lowest BCUT2D eigenvalue weighted by Gasteiger charge is -2.34. The lowest BCUT2D eigenvalue weighted by Crippen LogP contribution is -2.41. The van der Waals surface area contributed by atoms with Gasteiger partial charge in [-0.15, -0.1) is 0 Å². The van der Waals surface area contributed by atoms with Gasteiger partial charge in [-0.3, -0.25) is 4.90 Å². The SMILES string of the molecule is COCC1CCCCN1Cc1nc(-c2cccc(C(F)(F)F)c2)oc1C. The van der Waals surface area contributed by atoms with Gasteiger partial charge in [0, 0.05) is 25.3 Å². The Balaban J connectivity index is 1.81. The lowest BCUT2D eigenvalue weighted by atomic mass is 10.0. The van der Waals surface area contributed by atoms with E-state index in [1.165, 1.54) is 12.5 Å². The second-order valence-electron chi connectivity index (χ2n) is 6.68. The monoisotopic (exact) mass is 368 g/mol. The van der Waals surface area contributed by atoms with E-state index in [0.717, 1.165) is 37.2 Å². The van der Waals surface area contributed by atoms with Gasteiger partial charge < -0.3 is 9.15 Å². The molecule has 1 aromatic carbocycles. The van der Waals surface area contributed by atoms with Gasteiger partial charge in [0.25, 0.3) is 0 Å². The lowest BCUT2D eigenvalue weighted by molar-refractivity contribution is -0.137. The largest absolute Gasteiger partial charge is 0.441 e. The zero-order chi connectivity index (χ0) is 18.7. The quantitative estimate of drug-likeness (QED) is 0.769. The number of hydrogen-bond acceptors (Lipinski definition) is 4. The number of nitrogens with zero attached hydrogens (tertiary/aromatic N) is 2. The Bertz CT molecular complexity index is 741. The molecule has 1 fully saturated rings. The fourth-order valence-corrected chi connectivity index (χ4v) is 3.37. The third-order valence-electron chi connectivity index (χ3n) is 4.79. The van der Waals surface area contributed by atoms with E-state index < -0.39 is 11.7 Å². The zero-order valence-corrected chi connectivity index (χ0v) is 15.0. The van der Waals surface area contributed by atoms with Crippen molar-refractivity contribution in [1.29, 1.82) is 0 Å². The summed E-state index contributed by atoms with van der Waals surface area (Å²) in [6, 6.07) is 5.41. The number of ether oxygens (including phenoxy) is 1. The van der Waals surface area contributed by atoms with Crippen LogP contribution in [0.4, 0.5) is 13.2 Å². The Morgan fingerprint density at radius 1 is 1.31 bits per heavy atom. The topological polar surface area (TPSA) is 38.5 Å². The number of piperidine rings is 1. The number of oxazole rings is 1. The summed E-state index contributed by atoms with van der Waals surface area (Å²) in [5, 5.41) is 0. The molecule has 0 N–H and O–H groups in total. The highest BCUT2D eigenvalue weighted by molar-refractivity contribution is 5.55. The molecule has 1 aliphatic rings. The molecular formula is C19H23F3N2O2. The minimum Gasteiger partial charge on any atom is -0.441 e. The van der Waals surface area contributed by atoms with E-state index in [1.54, 1.807) is 20.1 Å². The predicted molar refractivity (Wildman–Crippen MR) is 91.6 cm³/mol. The van der Waals surface area contributed by atoms with E-state index in [-0.39, 0.29) is 5.89 Å². The van der Waals surface area contributed by atoms with E-state index in [9.17, 15) is 13.2 Å². The summed E-state index contributed by atoms with van der Waals surface area (Å²) >= 11 is 0. The molecule has 142 valence electrons. The first-order valence-corrected chi connectivity index (χ1v) is 8.75. The van der Waals surface area contributed by atoms with E-state index >= 15 is 0 Å². The van der Waals surface area contributed by atoms with Gasteiger partial charge in [-0.25, -0.2) is 4.98 Å². The highest BCUT2D eigenvalue weighted by atomic mass is 19.4. The predicted octanol–water partition coefficient (Wildman–Crippen LogP) is 4.67. The Morgan fingerprint density at radius 2 is 2.12 bits per heavy atom. The molecule has 2 heterocycles. The third-order valence-corrected chi connectivity index (χ3v) is 4.79. The maximum atomic E-state index is 12.9. The van der Waals surface area contributed by atoms with E-state index in [1.807, 2.05) is 0 Å². The fourth-order valence-electron chi connectivity index (χ4n) is 3.37. The molecule has 0 bridgehead atoms. The first-order valence-electron chi connectivity index (χ1n) is 8.75. The smallest absolute Gasteiger partial charge is 0.416 e. The minimum absolute atomic E-state index is 0.226. The first-order chi connectivity index (χ1) is 12.4. The molecule has 0 amide bonds. The summed E-state index contributed by atoms with van der Waals surface area (Å²) < 4.78 is 49.7. The molecule has 0 saturated carbocycles. The van der Waals surface area contributed by atoms with Crippen molar-refractivity contribution in [2.75, 3.05) is 20.3 Å². The maximum absolute atomic E-state index is 12.9. The normalized spacial score (nSPS) is 19.0. The average Bonchev–Trinajstić information content (AvgIpc) is 2.97. The van der Waals surface area contributed by atoms with Crippen LogP contribution in [0.15, 0.2) is 28.7 Å². The van der Waals surface area contributed by atoms with Gasteiger partial charge in [-0.05, 0) is 44.5 Å². The Morgan fingerprint density at radius 3 is 2.85 bits per heavy atom. The summed E-state index contributed by atoms with van der Waals surface area (Å²) in [5.74, 6) is 0.864. The van der Waals surface area contributed by atoms with Crippen molar-refractivity contribution >= 4 is 0 Å². The number of hydrogen-bond donors (Lipinski definition) is 0. The molecule has 7 heteroatoms. The van der Waals surface area contributed by atoms with Gasteiger partial charge in [0.2, 0.25) is 5.89 Å². The van der Waals surface area contributed by atoms with E-state index in [0.29, 0.717) is 30.5 Å². The number of likely N-dealkylation sites (tertiary alicyclic amines) is 1. The maximum Gasteiger partial charge on any atom is 0.416 e. The van der Waals surface area contributed by atoms with Crippen LogP contribution < -0.4 is 0 Å². The third kappa shape index (κ3) is 4.27. The molecule has 1 unspecified atom stereocenters. The summed E-state index contributed by atoms with van der Waals surface area (Å²) in [6.07, 6.45) is -1.01. The Hall–Kier alpha value is -1.86. The van der Waals surface area contributed by atoms with Gasteiger partial charge in [-0.1, -0.05) is 12.5 Å². The highest BCUT2D eigenvalue weighted by Crippen LogP contribution is 2.32. The number of benzene rings is 1. The fraction of sp³-hybridized carbons (Fsp3) is 0.526. The molecule has 3 rings (SSSR count). The van der Waals surface area contributed by atoms with Crippen molar-refractivity contribution in [3.8, 4) is 11.5 Å². The Labute approximate surface area is 151 Å². The number of alkyl halides is 3. The Kier molecular flexibility index (Phi) is 5.67. The second-order valence-corrected chi connectivity index (χ2v) is 6.68. The molecule has 4 nitrogen and oxygen atoms in total. The second kappa shape index (κ2) is 7.80. The number of aryl methyl sites for hydroxylation is 1. The van der Waals surface area contributed by atoms with Crippen molar-refractivity contribution in [1.82, 2.24) is 9.88 Å². The summed E-state index contributed by atoms with van der Waals surface area (Å²) in [4.78, 5) is 6.79. The van der Waals surface area contributed by atoms with Crippen LogP contribution in [-0.4, -0.2) is 36.2 Å². The van der Waals surface area contributed by atoms with Crippen molar-refractivity contribution in [3.05, 3.63) is 41.3 Å². The van der Waals surface area contributed by atoms with Crippen LogP contribution in [0.5, 0.6) is 0 Å². The standard InChI is InChI=1S/C19H23F3N2O2/c1-13-17(11-24-9-4-3-8-16(24)12-25-2)23-18(26-13)14-6-5-7-15(10-14)19(20,21)22/h5-7,10,16H,3-4,8-9,11-12H2,1-2H3. The van der Waals surface area contributed by atoms with Crippen LogP contribution in [-0.2, 0) is 17.5 Å². The number of halogens is 3. The summed E-state index contributed by atoms with van der Waals surface area (Å²) in [5.41, 5.74) is 0.394. The van der Waals surface area contributed by atoms with Crippen LogP contribution >= 0.6 is 0 Å². The van der Waals surface area contributed by atoms with Crippen LogP contribution in [0, 0.1) is 6.92 Å². The molecule has 0 aliphatic carbocycles. The zero-order valence-electron chi connectivity index (χ0n) is 15.0. The summed E-state index contributed by atoms with van der Waals surface area (Å²) in [6.45, 7) is 4.04. The van der Waals surface area contributed by atoms with Crippen molar-refractivity contribution < 1.29 is 22.3 Å². The molecular weight excluding hydrogens is 345 g/mol. The van der Waals surface area contributed by atoms with Gasteiger partial charge in [0.1, 0.15) is 5.76 Å². The number of methoxy groups -OCH3 is 1. The molecule has 1 atom stereocenters. The van der Waals surface area contributed by atoms with E-state index in [4.69, 9.17) is 9.15 Å². The van der Waals surface area contributed by atoms with Crippen LogP contribution in [0.1, 0.15) is 36.3 Å². The van der Waals surface area contributed by atoms with Gasteiger partial charge in [0.05, 0.1) is 17.9 Å². The molecule has 1 aliphatic heterocycles. The highest BCUT2D eigenvalue weighted by Gasteiger charge is 2.31. The van der Waals surface area contributed by atoms with Crippen molar-refractivity contribution in [3.63, 3.8) is 0 Å².